The number of likely N-dealkylation sites (N-methyl/N-ethyl adjacent to an activating group) is 1. The summed E-state index contributed by atoms with van der Waals surface area (Å²) in [6.07, 6.45) is 16.0. The summed E-state index contributed by atoms with van der Waals surface area (Å²) in [7, 11) is 2.89. The first kappa shape index (κ1) is 38.6. The minimum absolute atomic E-state index is 0.160. The largest absolute Gasteiger partial charge is 0.457 e. The van der Waals surface area contributed by atoms with E-state index >= 15 is 0 Å². The molecule has 0 saturated carbocycles. The van der Waals surface area contributed by atoms with Crippen LogP contribution in [0.3, 0.4) is 0 Å². The minimum Gasteiger partial charge on any atom is -0.457 e. The smallest absolute Gasteiger partial charge is 0.339 e. The van der Waals surface area contributed by atoms with Crippen LogP contribution >= 0.6 is 0 Å². The molecule has 48 heavy (non-hydrogen) atoms. The second-order valence-electron chi connectivity index (χ2n) is 13.2. The van der Waals surface area contributed by atoms with E-state index in [1.165, 1.54) is 25.5 Å². The molecule has 2 saturated heterocycles. The number of amides is 2. The fraction of sp³-hybridized carbons (Fsp3) is 0.556. The van der Waals surface area contributed by atoms with E-state index in [1.54, 1.807) is 84.2 Å². The molecule has 3 heterocycles. The third-order valence-electron chi connectivity index (χ3n) is 9.78. The van der Waals surface area contributed by atoms with Crippen molar-refractivity contribution in [3.8, 4) is 0 Å². The van der Waals surface area contributed by atoms with Crippen LogP contribution in [0.1, 0.15) is 53.7 Å². The maximum absolute atomic E-state index is 12.9. The predicted molar refractivity (Wildman–Crippen MR) is 179 cm³/mol. The van der Waals surface area contributed by atoms with Crippen LogP contribution in [0, 0.1) is 17.3 Å². The van der Waals surface area contributed by atoms with Gasteiger partial charge in [-0.25, -0.2) is 9.78 Å². The quantitative estimate of drug-likeness (QED) is 0.152. The zero-order valence-corrected chi connectivity index (χ0v) is 29.1. The minimum atomic E-state index is -1.86. The molecule has 1 aromatic rings. The number of hydrogen-bond acceptors (Lipinski definition) is 10. The molecular weight excluding hydrogens is 618 g/mol. The number of oxazole rings is 1. The summed E-state index contributed by atoms with van der Waals surface area (Å²) in [6.45, 7) is 10.3. The highest BCUT2D eigenvalue weighted by Gasteiger charge is 2.80. The molecule has 8 unspecified atom stereocenters. The van der Waals surface area contributed by atoms with Gasteiger partial charge in [0.25, 0.3) is 0 Å². The first-order valence-electron chi connectivity index (χ1n) is 16.2. The normalized spacial score (nSPS) is 27.7. The number of cyclic esters (lactones) is 1. The molecule has 1 spiro atoms. The number of ether oxygens (including phenoxy) is 2. The summed E-state index contributed by atoms with van der Waals surface area (Å²) in [5.41, 5.74) is -3.87. The number of allylic oxidation sites excluding steroid dienone is 7. The molecule has 0 bridgehead atoms. The van der Waals surface area contributed by atoms with Gasteiger partial charge in [0.05, 0.1) is 35.8 Å². The Labute approximate surface area is 282 Å². The number of likely N-dealkylation sites (tertiary alicyclic amines) is 1. The summed E-state index contributed by atoms with van der Waals surface area (Å²) in [5.74, 6) is -1.95. The molecule has 4 N–H and O–H groups in total. The van der Waals surface area contributed by atoms with Crippen LogP contribution in [0.15, 0.2) is 77.3 Å². The van der Waals surface area contributed by atoms with Crippen molar-refractivity contribution in [2.75, 3.05) is 20.7 Å². The number of carbonyl (C=O) groups excluding carboxylic acids is 3. The van der Waals surface area contributed by atoms with Crippen molar-refractivity contribution in [1.29, 1.82) is 0 Å². The van der Waals surface area contributed by atoms with E-state index in [-0.39, 0.29) is 24.8 Å². The van der Waals surface area contributed by atoms with Gasteiger partial charge >= 0.3 is 5.97 Å². The van der Waals surface area contributed by atoms with Crippen LogP contribution in [-0.4, -0.2) is 99.2 Å². The van der Waals surface area contributed by atoms with Crippen LogP contribution in [0.4, 0.5) is 0 Å². The van der Waals surface area contributed by atoms with Crippen LogP contribution in [0.25, 0.3) is 0 Å². The maximum Gasteiger partial charge on any atom is 0.339 e. The number of aromatic nitrogens is 1. The highest BCUT2D eigenvalue weighted by Crippen LogP contribution is 2.54. The van der Waals surface area contributed by atoms with Crippen molar-refractivity contribution < 1.29 is 43.6 Å². The first-order valence-corrected chi connectivity index (χ1v) is 16.2. The van der Waals surface area contributed by atoms with Gasteiger partial charge in [-0.15, -0.1) is 0 Å². The molecule has 2 aliphatic rings. The van der Waals surface area contributed by atoms with Crippen molar-refractivity contribution in [3.05, 3.63) is 78.6 Å². The third-order valence-corrected chi connectivity index (χ3v) is 9.78. The molecule has 2 amide bonds. The predicted octanol–water partition coefficient (Wildman–Crippen LogP) is 2.82. The lowest BCUT2D eigenvalue weighted by molar-refractivity contribution is -0.255. The Hall–Kier alpha value is -3.84. The van der Waals surface area contributed by atoms with Gasteiger partial charge < -0.3 is 39.4 Å². The molecule has 0 radical (unpaired) electrons. The van der Waals surface area contributed by atoms with Gasteiger partial charge in [-0.05, 0) is 45.6 Å². The third kappa shape index (κ3) is 7.41. The lowest BCUT2D eigenvalue weighted by Crippen LogP contribution is -2.80. The van der Waals surface area contributed by atoms with E-state index in [2.05, 4.69) is 10.3 Å². The molecular formula is C36H51N3O9. The Morgan fingerprint density at radius 3 is 2.46 bits per heavy atom. The van der Waals surface area contributed by atoms with Gasteiger partial charge in [0.2, 0.25) is 17.4 Å². The Morgan fingerprint density at radius 1 is 1.17 bits per heavy atom. The average molecular weight is 670 g/mol. The van der Waals surface area contributed by atoms with E-state index in [1.807, 2.05) is 18.2 Å². The Bertz CT molecular complexity index is 1430. The van der Waals surface area contributed by atoms with Gasteiger partial charge in [-0.1, -0.05) is 68.5 Å². The van der Waals surface area contributed by atoms with Gasteiger partial charge in [-0.3, -0.25) is 9.59 Å². The topological polar surface area (TPSA) is 172 Å². The van der Waals surface area contributed by atoms with Crippen molar-refractivity contribution >= 4 is 17.8 Å². The van der Waals surface area contributed by atoms with Crippen molar-refractivity contribution in [1.82, 2.24) is 15.2 Å². The van der Waals surface area contributed by atoms with Gasteiger partial charge in [-0.2, -0.15) is 0 Å². The second-order valence-corrected chi connectivity index (χ2v) is 13.2. The van der Waals surface area contributed by atoms with Crippen molar-refractivity contribution in [3.63, 3.8) is 0 Å². The summed E-state index contributed by atoms with van der Waals surface area (Å²) in [5, 5.41) is 36.5. The summed E-state index contributed by atoms with van der Waals surface area (Å²) >= 11 is 0. The molecule has 2 fully saturated rings. The summed E-state index contributed by atoms with van der Waals surface area (Å²) < 4.78 is 16.0. The fourth-order valence-corrected chi connectivity index (χ4v) is 6.61. The van der Waals surface area contributed by atoms with E-state index in [0.717, 1.165) is 5.76 Å². The number of aliphatic hydroxyl groups excluding tert-OH is 2. The molecule has 12 heteroatoms. The van der Waals surface area contributed by atoms with Gasteiger partial charge in [0.15, 0.2) is 6.39 Å². The second kappa shape index (κ2) is 16.0. The maximum atomic E-state index is 12.9. The van der Waals surface area contributed by atoms with Crippen LogP contribution < -0.4 is 5.32 Å². The highest BCUT2D eigenvalue weighted by molar-refractivity contribution is 5.99. The lowest BCUT2D eigenvalue weighted by atomic mass is 9.65. The number of aliphatic hydroxyl groups is 3. The lowest BCUT2D eigenvalue weighted by Gasteiger charge is -2.55. The molecule has 1 aromatic heterocycles. The van der Waals surface area contributed by atoms with Crippen molar-refractivity contribution in [2.24, 2.45) is 17.3 Å². The first-order chi connectivity index (χ1) is 22.6. The molecule has 8 atom stereocenters. The van der Waals surface area contributed by atoms with E-state index in [4.69, 9.17) is 13.9 Å². The van der Waals surface area contributed by atoms with Gasteiger partial charge in [0.1, 0.15) is 17.5 Å². The van der Waals surface area contributed by atoms with E-state index in [0.29, 0.717) is 12.0 Å². The van der Waals surface area contributed by atoms with Crippen LogP contribution in [-0.2, 0) is 30.3 Å². The van der Waals surface area contributed by atoms with E-state index in [9.17, 15) is 29.7 Å². The number of rotatable bonds is 16. The monoisotopic (exact) mass is 669 g/mol. The molecule has 12 nitrogen and oxygen atoms in total. The molecule has 0 aliphatic carbocycles. The van der Waals surface area contributed by atoms with Gasteiger partial charge in [0, 0.05) is 27.1 Å². The number of methoxy groups -OCH3 is 1. The number of esters is 1. The Kier molecular flexibility index (Phi) is 12.9. The van der Waals surface area contributed by atoms with Crippen molar-refractivity contribution in [2.45, 2.75) is 89.9 Å². The zero-order chi connectivity index (χ0) is 35.9. The summed E-state index contributed by atoms with van der Waals surface area (Å²) in [6, 6.07) is 0. The number of hydrogen-bond donors (Lipinski definition) is 4. The Balaban J connectivity index is 1.50. The Morgan fingerprint density at radius 2 is 1.85 bits per heavy atom. The molecule has 264 valence electrons. The standard InChI is InChI=1S/C36H51N3O9/c1-23(16-12-9-10-13-17-27-21-37-22-47-27)30(41)34(5,6)32(43)38-19-15-11-14-18-28(40)24(2)20-29(46-8)36(45)25(3)31(42)39(7)35(36)26(4)48-33(35)44/h9-16,18,21-22,24-26,28-30,40-41,45H,17,19-20H2,1-8H3,(H,38,43)/b12-9+,13-10+,15-11?,18-14?,23-16?. The fourth-order valence-electron chi connectivity index (χ4n) is 6.61. The number of nitrogens with one attached hydrogen (secondary N) is 1. The van der Waals surface area contributed by atoms with Crippen LogP contribution in [0.5, 0.6) is 0 Å². The van der Waals surface area contributed by atoms with E-state index < -0.39 is 58.8 Å². The molecule has 2 aliphatic heterocycles. The number of carbonyl (C=O) groups is 3. The SMILES string of the molecule is COC(CC(C)C(O)C=CC=CCNC(=O)C(C)(C)C(O)C(C)=C/C=C/C=C/Cc1cnco1)C1(O)C(C)C(=O)N(C)C12C(=O)OC2C. The summed E-state index contributed by atoms with van der Waals surface area (Å²) in [4.78, 5) is 43.7. The molecule has 3 rings (SSSR count). The van der Waals surface area contributed by atoms with Crippen LogP contribution in [0.2, 0.25) is 0 Å². The zero-order valence-electron chi connectivity index (χ0n) is 29.1. The average Bonchev–Trinajstić information content (AvgIpc) is 3.63. The number of nitrogens with zero attached hydrogens (tertiary/aromatic N) is 2. The highest BCUT2D eigenvalue weighted by atomic mass is 16.6. The molecule has 0 aromatic carbocycles.